The van der Waals surface area contributed by atoms with E-state index in [4.69, 9.17) is 9.84 Å². The lowest BCUT2D eigenvalue weighted by Crippen LogP contribution is -2.54. The van der Waals surface area contributed by atoms with E-state index >= 15 is 0 Å². The molecule has 3 amide bonds. The van der Waals surface area contributed by atoms with E-state index in [-0.39, 0.29) is 18.2 Å². The number of ether oxygens (including phenoxy) is 1. The highest BCUT2D eigenvalue weighted by Crippen LogP contribution is 2.29. The molecule has 1 N–H and O–H groups in total. The number of urea groups is 1. The van der Waals surface area contributed by atoms with E-state index < -0.39 is 11.6 Å². The SMILES string of the molecule is CC(C)(C)OC(=O)N1CCN2C(=O)N(c3nc(/C=C/C(=O)O)cs3)CC2C1. The zero-order valence-electron chi connectivity index (χ0n) is 15.4. The monoisotopic (exact) mass is 394 g/mol. The largest absolute Gasteiger partial charge is 0.478 e. The number of hydrogen-bond donors (Lipinski definition) is 1. The topological polar surface area (TPSA) is 103 Å². The summed E-state index contributed by atoms with van der Waals surface area (Å²) in [6.45, 7) is 7.16. The van der Waals surface area contributed by atoms with Crippen molar-refractivity contribution >= 4 is 40.6 Å². The maximum Gasteiger partial charge on any atom is 0.410 e. The standard InChI is InChI=1S/C17H22N4O5S/c1-17(2,3)26-16(25)19-6-7-20-12(8-19)9-21(15(20)24)14-18-11(10-27-14)4-5-13(22)23/h4-5,10,12H,6-9H2,1-3H3,(H,22,23)/b5-4+. The molecule has 2 saturated heterocycles. The van der Waals surface area contributed by atoms with Crippen LogP contribution in [0.2, 0.25) is 0 Å². The lowest BCUT2D eigenvalue weighted by molar-refractivity contribution is -0.131. The fourth-order valence-electron chi connectivity index (χ4n) is 2.99. The van der Waals surface area contributed by atoms with Gasteiger partial charge in [-0.25, -0.2) is 19.4 Å². The van der Waals surface area contributed by atoms with Crippen LogP contribution in [0.1, 0.15) is 26.5 Å². The van der Waals surface area contributed by atoms with Crippen LogP contribution in [-0.4, -0.2) is 75.8 Å². The first-order valence-electron chi connectivity index (χ1n) is 8.56. The van der Waals surface area contributed by atoms with Crippen LogP contribution >= 0.6 is 11.3 Å². The van der Waals surface area contributed by atoms with Crippen molar-refractivity contribution in [1.29, 1.82) is 0 Å². The Labute approximate surface area is 160 Å². The number of aliphatic carboxylic acids is 1. The van der Waals surface area contributed by atoms with Crippen molar-refractivity contribution in [3.63, 3.8) is 0 Å². The van der Waals surface area contributed by atoms with Crippen LogP contribution < -0.4 is 4.90 Å². The number of carbonyl (C=O) groups is 3. The van der Waals surface area contributed by atoms with E-state index in [0.29, 0.717) is 37.0 Å². The highest BCUT2D eigenvalue weighted by molar-refractivity contribution is 7.14. The molecule has 10 heteroatoms. The third-order valence-corrected chi connectivity index (χ3v) is 5.02. The van der Waals surface area contributed by atoms with Gasteiger partial charge in [0.1, 0.15) is 5.60 Å². The number of thiazole rings is 1. The molecule has 0 saturated carbocycles. The van der Waals surface area contributed by atoms with Gasteiger partial charge in [0.15, 0.2) is 5.13 Å². The number of carbonyl (C=O) groups excluding carboxylic acids is 2. The fourth-order valence-corrected chi connectivity index (χ4v) is 3.79. The number of hydrogen-bond acceptors (Lipinski definition) is 6. The molecular formula is C17H22N4O5S. The molecule has 0 spiro atoms. The Morgan fingerprint density at radius 2 is 2.07 bits per heavy atom. The Hall–Kier alpha value is -2.62. The van der Waals surface area contributed by atoms with Crippen LogP contribution in [0.4, 0.5) is 14.7 Å². The second-order valence-corrected chi connectivity index (χ2v) is 8.23. The molecule has 0 aliphatic carbocycles. The van der Waals surface area contributed by atoms with E-state index in [1.807, 2.05) is 20.8 Å². The summed E-state index contributed by atoms with van der Waals surface area (Å²) in [5.41, 5.74) is -0.0718. The van der Waals surface area contributed by atoms with Crippen LogP contribution in [0.5, 0.6) is 0 Å². The number of fused-ring (bicyclic) bond motifs is 1. The van der Waals surface area contributed by atoms with Crippen molar-refractivity contribution in [2.45, 2.75) is 32.4 Å². The van der Waals surface area contributed by atoms with E-state index in [1.165, 1.54) is 17.4 Å². The first-order valence-corrected chi connectivity index (χ1v) is 9.44. The first kappa shape index (κ1) is 19.2. The second-order valence-electron chi connectivity index (χ2n) is 7.39. The predicted octanol–water partition coefficient (Wildman–Crippen LogP) is 2.10. The molecule has 3 rings (SSSR count). The first-order chi connectivity index (χ1) is 12.6. The quantitative estimate of drug-likeness (QED) is 0.788. The number of amides is 3. The fraction of sp³-hybridized carbons (Fsp3) is 0.529. The summed E-state index contributed by atoms with van der Waals surface area (Å²) in [4.78, 5) is 44.9. The molecule has 1 atom stereocenters. The highest BCUT2D eigenvalue weighted by Gasteiger charge is 2.43. The van der Waals surface area contributed by atoms with Gasteiger partial charge < -0.3 is 19.6 Å². The van der Waals surface area contributed by atoms with E-state index in [9.17, 15) is 14.4 Å². The molecule has 1 aromatic heterocycles. The Balaban J connectivity index is 1.67. The molecule has 0 radical (unpaired) electrons. The summed E-state index contributed by atoms with van der Waals surface area (Å²) in [5.74, 6) is -1.05. The molecule has 9 nitrogen and oxygen atoms in total. The molecule has 0 aromatic carbocycles. The molecule has 1 unspecified atom stereocenters. The Kier molecular flexibility index (Phi) is 5.09. The Morgan fingerprint density at radius 1 is 1.33 bits per heavy atom. The van der Waals surface area contributed by atoms with Crippen molar-refractivity contribution in [3.8, 4) is 0 Å². The average molecular weight is 394 g/mol. The molecule has 27 heavy (non-hydrogen) atoms. The van der Waals surface area contributed by atoms with Gasteiger partial charge in [-0.2, -0.15) is 0 Å². The number of carboxylic acids is 1. The predicted molar refractivity (Wildman–Crippen MR) is 99.8 cm³/mol. The Morgan fingerprint density at radius 3 is 2.74 bits per heavy atom. The third-order valence-electron chi connectivity index (χ3n) is 4.14. The van der Waals surface area contributed by atoms with Crippen molar-refractivity contribution in [1.82, 2.24) is 14.8 Å². The smallest absolute Gasteiger partial charge is 0.410 e. The van der Waals surface area contributed by atoms with Gasteiger partial charge in [-0.1, -0.05) is 0 Å². The number of carboxylic acid groups (broad SMARTS) is 1. The summed E-state index contributed by atoms with van der Waals surface area (Å²) in [7, 11) is 0. The van der Waals surface area contributed by atoms with Crippen molar-refractivity contribution in [2.24, 2.45) is 0 Å². The minimum absolute atomic E-state index is 0.124. The summed E-state index contributed by atoms with van der Waals surface area (Å²) in [5, 5.41) is 10.9. The zero-order valence-corrected chi connectivity index (χ0v) is 16.2. The zero-order chi connectivity index (χ0) is 19.8. The molecule has 1 aromatic rings. The second kappa shape index (κ2) is 7.18. The summed E-state index contributed by atoms with van der Waals surface area (Å²) < 4.78 is 5.42. The van der Waals surface area contributed by atoms with Crippen LogP contribution in [0.3, 0.4) is 0 Å². The van der Waals surface area contributed by atoms with Crippen LogP contribution in [0.25, 0.3) is 6.08 Å². The summed E-state index contributed by atoms with van der Waals surface area (Å²) >= 11 is 1.28. The molecule has 2 aliphatic rings. The van der Waals surface area contributed by atoms with Crippen LogP contribution in [0.15, 0.2) is 11.5 Å². The molecular weight excluding hydrogens is 372 g/mol. The number of nitrogens with zero attached hydrogens (tertiary/aromatic N) is 4. The normalized spacial score (nSPS) is 20.3. The molecule has 2 fully saturated rings. The van der Waals surface area contributed by atoms with E-state index in [1.54, 1.807) is 20.1 Å². The maximum atomic E-state index is 12.7. The van der Waals surface area contributed by atoms with Crippen molar-refractivity contribution in [3.05, 3.63) is 17.2 Å². The molecule has 2 aliphatic heterocycles. The van der Waals surface area contributed by atoms with Gasteiger partial charge in [-0.15, -0.1) is 11.3 Å². The van der Waals surface area contributed by atoms with Gasteiger partial charge in [0.05, 0.1) is 18.3 Å². The van der Waals surface area contributed by atoms with Gasteiger partial charge in [0, 0.05) is 31.1 Å². The lowest BCUT2D eigenvalue weighted by Gasteiger charge is -2.36. The van der Waals surface area contributed by atoms with Gasteiger partial charge >= 0.3 is 18.1 Å². The Bertz CT molecular complexity index is 785. The number of rotatable bonds is 3. The van der Waals surface area contributed by atoms with Crippen molar-refractivity contribution < 1.29 is 24.2 Å². The van der Waals surface area contributed by atoms with Gasteiger partial charge in [0.2, 0.25) is 0 Å². The maximum absolute atomic E-state index is 12.7. The number of piperazine rings is 1. The number of anilines is 1. The molecule has 146 valence electrons. The highest BCUT2D eigenvalue weighted by atomic mass is 32.1. The average Bonchev–Trinajstić information content (AvgIpc) is 3.16. The summed E-state index contributed by atoms with van der Waals surface area (Å²) in [6.07, 6.45) is 2.02. The van der Waals surface area contributed by atoms with Crippen LogP contribution in [0, 0.1) is 0 Å². The van der Waals surface area contributed by atoms with Crippen LogP contribution in [-0.2, 0) is 9.53 Å². The van der Waals surface area contributed by atoms with Gasteiger partial charge in [-0.3, -0.25) is 4.90 Å². The van der Waals surface area contributed by atoms with Gasteiger partial charge in [-0.05, 0) is 26.8 Å². The van der Waals surface area contributed by atoms with Crippen molar-refractivity contribution in [2.75, 3.05) is 31.1 Å². The molecule has 3 heterocycles. The van der Waals surface area contributed by atoms with E-state index in [2.05, 4.69) is 4.98 Å². The molecule has 0 bridgehead atoms. The van der Waals surface area contributed by atoms with E-state index in [0.717, 1.165) is 6.08 Å². The minimum Gasteiger partial charge on any atom is -0.478 e. The minimum atomic E-state index is -1.05. The van der Waals surface area contributed by atoms with Gasteiger partial charge in [0.25, 0.3) is 0 Å². The lowest BCUT2D eigenvalue weighted by atomic mass is 10.2. The third kappa shape index (κ3) is 4.38. The summed E-state index contributed by atoms with van der Waals surface area (Å²) in [6, 6.07) is -0.271. The number of aromatic nitrogens is 1.